The SMILES string of the molecule is C=CCO[C@H](c1ccnc2ccccc12)[C@@H]1C[C@@H]2CC[N@@+]1(Cc1ccc(OCc3ccccc3C#N)cc1)C[C@@H]2CC. The quantitative estimate of drug-likeness (QED) is 0.139. The Bertz CT molecular complexity index is 1570. The predicted octanol–water partition coefficient (Wildman–Crippen LogP) is 7.76. The number of piperidine rings is 3. The Hall–Kier alpha value is -3.98. The molecule has 5 heteroatoms. The molecule has 0 saturated carbocycles. The third kappa shape index (κ3) is 5.57. The van der Waals surface area contributed by atoms with Crippen LogP contribution in [0, 0.1) is 23.2 Å². The first-order valence-electron chi connectivity index (χ1n) is 15.3. The Kier molecular flexibility index (Phi) is 8.37. The van der Waals surface area contributed by atoms with Crippen LogP contribution < -0.4 is 4.74 Å². The van der Waals surface area contributed by atoms with Gasteiger partial charge in [-0.25, -0.2) is 0 Å². The molecule has 0 spiro atoms. The Morgan fingerprint density at radius 2 is 1.88 bits per heavy atom. The summed E-state index contributed by atoms with van der Waals surface area (Å²) in [5, 5.41) is 10.6. The van der Waals surface area contributed by atoms with E-state index < -0.39 is 0 Å². The molecule has 0 amide bonds. The van der Waals surface area contributed by atoms with Gasteiger partial charge in [0.15, 0.2) is 0 Å². The van der Waals surface area contributed by atoms with Gasteiger partial charge in [0.25, 0.3) is 0 Å². The average molecular weight is 559 g/mol. The van der Waals surface area contributed by atoms with Crippen molar-refractivity contribution in [2.45, 2.75) is 51.5 Å². The largest absolute Gasteiger partial charge is 0.489 e. The van der Waals surface area contributed by atoms with Crippen LogP contribution in [0.5, 0.6) is 5.75 Å². The number of hydrogen-bond donors (Lipinski definition) is 0. The lowest BCUT2D eigenvalue weighted by Gasteiger charge is -2.59. The molecule has 3 aromatic carbocycles. The van der Waals surface area contributed by atoms with E-state index in [9.17, 15) is 5.26 Å². The number of benzene rings is 3. The normalized spacial score (nSPS) is 23.8. The van der Waals surface area contributed by atoms with E-state index in [0.29, 0.717) is 24.8 Å². The van der Waals surface area contributed by atoms with E-state index in [0.717, 1.165) is 39.7 Å². The third-order valence-corrected chi connectivity index (χ3v) is 9.67. The summed E-state index contributed by atoms with van der Waals surface area (Å²) in [5.41, 5.74) is 5.14. The first-order valence-corrected chi connectivity index (χ1v) is 15.3. The molecule has 5 atom stereocenters. The van der Waals surface area contributed by atoms with Crippen molar-refractivity contribution in [3.63, 3.8) is 0 Å². The fraction of sp³-hybridized carbons (Fsp3) is 0.351. The van der Waals surface area contributed by atoms with Crippen molar-refractivity contribution in [1.82, 2.24) is 4.98 Å². The molecule has 0 aliphatic carbocycles. The van der Waals surface area contributed by atoms with E-state index in [-0.39, 0.29) is 6.10 Å². The van der Waals surface area contributed by atoms with Crippen LogP contribution in [-0.2, 0) is 17.9 Å². The van der Waals surface area contributed by atoms with Crippen LogP contribution in [0.25, 0.3) is 10.9 Å². The Morgan fingerprint density at radius 3 is 2.69 bits per heavy atom. The van der Waals surface area contributed by atoms with E-state index in [1.807, 2.05) is 36.5 Å². The second kappa shape index (κ2) is 12.5. The first kappa shape index (κ1) is 28.2. The smallest absolute Gasteiger partial charge is 0.135 e. The third-order valence-electron chi connectivity index (χ3n) is 9.67. The van der Waals surface area contributed by atoms with E-state index in [1.54, 1.807) is 0 Å². The van der Waals surface area contributed by atoms with Gasteiger partial charge in [-0.3, -0.25) is 4.98 Å². The van der Waals surface area contributed by atoms with E-state index in [4.69, 9.17) is 9.47 Å². The lowest BCUT2D eigenvalue weighted by molar-refractivity contribution is -0.986. The molecule has 3 fully saturated rings. The lowest BCUT2D eigenvalue weighted by Crippen LogP contribution is -2.67. The van der Waals surface area contributed by atoms with Crippen LogP contribution in [0.3, 0.4) is 0 Å². The van der Waals surface area contributed by atoms with Gasteiger partial charge in [-0.05, 0) is 60.4 Å². The summed E-state index contributed by atoms with van der Waals surface area (Å²) in [6.07, 6.45) is 7.46. The summed E-state index contributed by atoms with van der Waals surface area (Å²) in [4.78, 5) is 4.65. The summed E-state index contributed by atoms with van der Waals surface area (Å²) in [5.74, 6) is 2.31. The highest BCUT2D eigenvalue weighted by Gasteiger charge is 2.54. The van der Waals surface area contributed by atoms with Crippen LogP contribution in [0.1, 0.15) is 54.5 Å². The summed E-state index contributed by atoms with van der Waals surface area (Å²) in [7, 11) is 0. The molecule has 4 aromatic rings. The summed E-state index contributed by atoms with van der Waals surface area (Å²) < 4.78 is 13.8. The van der Waals surface area contributed by atoms with E-state index >= 15 is 0 Å². The minimum Gasteiger partial charge on any atom is -0.489 e. The van der Waals surface area contributed by atoms with Crippen molar-refractivity contribution in [3.8, 4) is 11.8 Å². The fourth-order valence-electron chi connectivity index (χ4n) is 7.56. The average Bonchev–Trinajstić information content (AvgIpc) is 3.05. The number of hydrogen-bond acceptors (Lipinski definition) is 4. The standard InChI is InChI=1S/C37H40N3O2/c1-3-21-41-37(34-17-19-39-35-12-8-7-11-33(34)35)36-22-29-18-20-40(36,25-28(29)4-2)24-27-13-15-32(16-14-27)42-26-31-10-6-5-9-30(31)23-38/h3,5-17,19,28-29,36-37H,1,4,18,20-22,24-26H2,2H3/q+1/t28-,29-,36-,37+,40+/m0/s1. The van der Waals surface area contributed by atoms with Crippen LogP contribution in [0.2, 0.25) is 0 Å². The number of nitrogens with zero attached hydrogens (tertiary/aromatic N) is 3. The van der Waals surface area contributed by atoms with E-state index in [1.165, 1.54) is 48.9 Å². The molecule has 2 bridgehead atoms. The molecule has 5 nitrogen and oxygen atoms in total. The summed E-state index contributed by atoms with van der Waals surface area (Å²) >= 11 is 0. The molecule has 3 aliphatic heterocycles. The number of fused-ring (bicyclic) bond motifs is 4. The van der Waals surface area contributed by atoms with Gasteiger partial charge >= 0.3 is 0 Å². The second-order valence-electron chi connectivity index (χ2n) is 12.0. The number of ether oxygens (including phenoxy) is 2. The second-order valence-corrected chi connectivity index (χ2v) is 12.0. The van der Waals surface area contributed by atoms with Crippen molar-refractivity contribution >= 4 is 10.9 Å². The number of rotatable bonds is 11. The summed E-state index contributed by atoms with van der Waals surface area (Å²) in [6, 6.07) is 29.4. The molecule has 4 heterocycles. The molecule has 0 N–H and O–H groups in total. The van der Waals surface area contributed by atoms with Gasteiger partial charge in [-0.15, -0.1) is 6.58 Å². The van der Waals surface area contributed by atoms with Crippen molar-refractivity contribution in [1.29, 1.82) is 5.26 Å². The molecule has 214 valence electrons. The van der Waals surface area contributed by atoms with Crippen LogP contribution in [0.15, 0.2) is 97.7 Å². The van der Waals surface area contributed by atoms with Crippen LogP contribution >= 0.6 is 0 Å². The minimum atomic E-state index is -0.0284. The van der Waals surface area contributed by atoms with E-state index in [2.05, 4.69) is 79.2 Å². The zero-order valence-electron chi connectivity index (χ0n) is 24.5. The highest BCUT2D eigenvalue weighted by molar-refractivity contribution is 5.82. The molecule has 3 saturated heterocycles. The molecular weight excluding hydrogens is 518 g/mol. The zero-order valence-corrected chi connectivity index (χ0v) is 24.5. The lowest BCUT2D eigenvalue weighted by atomic mass is 9.70. The van der Waals surface area contributed by atoms with Gasteiger partial charge in [-0.2, -0.15) is 5.26 Å². The summed E-state index contributed by atoms with van der Waals surface area (Å²) in [6.45, 7) is 10.6. The molecule has 1 aromatic heterocycles. The van der Waals surface area contributed by atoms with Crippen LogP contribution in [0.4, 0.5) is 0 Å². The molecule has 7 rings (SSSR count). The van der Waals surface area contributed by atoms with Gasteiger partial charge in [-0.1, -0.05) is 49.4 Å². The highest BCUT2D eigenvalue weighted by Crippen LogP contribution is 2.49. The maximum absolute atomic E-state index is 9.40. The Morgan fingerprint density at radius 1 is 1.07 bits per heavy atom. The van der Waals surface area contributed by atoms with Crippen molar-refractivity contribution < 1.29 is 14.0 Å². The molecule has 3 aliphatic rings. The molecular formula is C37H40N3O2+. The van der Waals surface area contributed by atoms with Gasteiger partial charge in [0.05, 0.1) is 36.8 Å². The molecule has 42 heavy (non-hydrogen) atoms. The molecule has 0 unspecified atom stereocenters. The van der Waals surface area contributed by atoms with Gasteiger partial charge in [0.1, 0.15) is 31.0 Å². The topological polar surface area (TPSA) is 55.1 Å². The Balaban J connectivity index is 1.29. The first-order chi connectivity index (χ1) is 20.6. The van der Waals surface area contributed by atoms with Gasteiger partial charge < -0.3 is 14.0 Å². The van der Waals surface area contributed by atoms with Crippen molar-refractivity contribution in [2.24, 2.45) is 11.8 Å². The van der Waals surface area contributed by atoms with Crippen molar-refractivity contribution in [2.75, 3.05) is 19.7 Å². The number of para-hydroxylation sites is 1. The van der Waals surface area contributed by atoms with Gasteiger partial charge in [0.2, 0.25) is 0 Å². The fourth-order valence-corrected chi connectivity index (χ4v) is 7.56. The Labute approximate surface area is 249 Å². The zero-order chi connectivity index (χ0) is 28.9. The maximum atomic E-state index is 9.40. The highest BCUT2D eigenvalue weighted by atomic mass is 16.5. The van der Waals surface area contributed by atoms with Crippen molar-refractivity contribution in [3.05, 3.63) is 120 Å². The maximum Gasteiger partial charge on any atom is 0.135 e. The van der Waals surface area contributed by atoms with Gasteiger partial charge in [0, 0.05) is 41.5 Å². The minimum absolute atomic E-state index is 0.0284. The van der Waals surface area contributed by atoms with Crippen LogP contribution in [-0.4, -0.2) is 35.2 Å². The number of aromatic nitrogens is 1. The predicted molar refractivity (Wildman–Crippen MR) is 167 cm³/mol. The number of quaternary nitrogens is 1. The monoisotopic (exact) mass is 558 g/mol. The number of nitriles is 1. The molecule has 0 radical (unpaired) electrons. The number of pyridine rings is 1.